The number of hydrogen-bond donors (Lipinski definition) is 1. The van der Waals surface area contributed by atoms with Crippen LogP contribution in [0.25, 0.3) is 0 Å². The molecule has 0 aliphatic rings. The van der Waals surface area contributed by atoms with E-state index >= 15 is 0 Å². The first-order valence-electron chi connectivity index (χ1n) is 5.95. The number of carboxylic acids is 1. The van der Waals surface area contributed by atoms with Crippen LogP contribution in [0.5, 0.6) is 0 Å². The highest BCUT2D eigenvalue weighted by Crippen LogP contribution is 2.04. The Morgan fingerprint density at radius 1 is 1.30 bits per heavy atom. The van der Waals surface area contributed by atoms with E-state index in [1.54, 1.807) is 25.0 Å². The van der Waals surface area contributed by atoms with Crippen LogP contribution in [0.2, 0.25) is 0 Å². The monoisotopic (exact) mass is 277 g/mol. The fraction of sp³-hybridized carbons (Fsp3) is 0.333. The maximum Gasteiger partial charge on any atom is 0.354 e. The summed E-state index contributed by atoms with van der Waals surface area (Å²) >= 11 is 0. The van der Waals surface area contributed by atoms with E-state index in [-0.39, 0.29) is 18.1 Å². The third-order valence-electron chi connectivity index (χ3n) is 2.97. The standard InChI is InChI=1S/C12H15N5O3/c1-15(7-9-3-5-13-16(9)2)11(18)8-17-10(12(19)20)4-6-14-17/h3-6H,7-8H2,1-2H3,(H,19,20). The second kappa shape index (κ2) is 5.55. The van der Waals surface area contributed by atoms with E-state index in [1.165, 1.54) is 21.8 Å². The van der Waals surface area contributed by atoms with Crippen molar-refractivity contribution in [2.75, 3.05) is 7.05 Å². The summed E-state index contributed by atoms with van der Waals surface area (Å²) in [6, 6.07) is 3.18. The molecule has 0 unspecified atom stereocenters. The Morgan fingerprint density at radius 2 is 2.00 bits per heavy atom. The highest BCUT2D eigenvalue weighted by Gasteiger charge is 2.16. The van der Waals surface area contributed by atoms with Gasteiger partial charge in [-0.25, -0.2) is 9.48 Å². The molecule has 0 aliphatic heterocycles. The van der Waals surface area contributed by atoms with Crippen LogP contribution in [0.1, 0.15) is 16.2 Å². The van der Waals surface area contributed by atoms with Crippen molar-refractivity contribution in [1.29, 1.82) is 0 Å². The molecule has 2 aromatic rings. The molecule has 2 aromatic heterocycles. The van der Waals surface area contributed by atoms with Gasteiger partial charge in [-0.2, -0.15) is 10.2 Å². The SMILES string of the molecule is CN(Cc1ccnn1C)C(=O)Cn1nccc1C(=O)O. The molecule has 2 heterocycles. The predicted octanol–water partition coefficient (Wildman–Crippen LogP) is -0.0266. The molecular weight excluding hydrogens is 262 g/mol. The molecule has 0 radical (unpaired) electrons. The summed E-state index contributed by atoms with van der Waals surface area (Å²) in [6.45, 7) is 0.294. The van der Waals surface area contributed by atoms with Crippen LogP contribution >= 0.6 is 0 Å². The van der Waals surface area contributed by atoms with Crippen molar-refractivity contribution >= 4 is 11.9 Å². The number of likely N-dealkylation sites (N-methyl/N-ethyl adjacent to an activating group) is 1. The van der Waals surface area contributed by atoms with E-state index in [4.69, 9.17) is 5.11 Å². The molecule has 0 spiro atoms. The van der Waals surface area contributed by atoms with Crippen molar-refractivity contribution in [3.63, 3.8) is 0 Å². The van der Waals surface area contributed by atoms with Gasteiger partial charge in [-0.3, -0.25) is 9.48 Å². The largest absolute Gasteiger partial charge is 0.477 e. The molecule has 0 aliphatic carbocycles. The van der Waals surface area contributed by atoms with Crippen LogP contribution < -0.4 is 0 Å². The molecule has 0 saturated heterocycles. The number of amides is 1. The zero-order valence-electron chi connectivity index (χ0n) is 11.2. The lowest BCUT2D eigenvalue weighted by Crippen LogP contribution is -2.31. The van der Waals surface area contributed by atoms with Gasteiger partial charge >= 0.3 is 5.97 Å². The molecular formula is C12H15N5O3. The first-order valence-corrected chi connectivity index (χ1v) is 5.95. The number of nitrogens with zero attached hydrogens (tertiary/aromatic N) is 5. The Labute approximate surface area is 115 Å². The Kier molecular flexibility index (Phi) is 3.83. The molecule has 0 atom stereocenters. The van der Waals surface area contributed by atoms with Gasteiger partial charge in [0.15, 0.2) is 0 Å². The van der Waals surface area contributed by atoms with Crippen molar-refractivity contribution in [2.45, 2.75) is 13.1 Å². The minimum Gasteiger partial charge on any atom is -0.477 e. The molecule has 0 fully saturated rings. The summed E-state index contributed by atoms with van der Waals surface area (Å²) in [5, 5.41) is 16.8. The van der Waals surface area contributed by atoms with Crippen molar-refractivity contribution in [3.8, 4) is 0 Å². The number of hydrogen-bond acceptors (Lipinski definition) is 4. The number of aryl methyl sites for hydroxylation is 1. The predicted molar refractivity (Wildman–Crippen MR) is 68.9 cm³/mol. The number of carboxylic acid groups (broad SMARTS) is 1. The average Bonchev–Trinajstić information content (AvgIpc) is 2.99. The van der Waals surface area contributed by atoms with Gasteiger partial charge in [0, 0.05) is 26.5 Å². The third kappa shape index (κ3) is 2.85. The van der Waals surface area contributed by atoms with Crippen LogP contribution in [0, 0.1) is 0 Å². The van der Waals surface area contributed by atoms with Gasteiger partial charge in [0.25, 0.3) is 0 Å². The lowest BCUT2D eigenvalue weighted by Gasteiger charge is -2.17. The normalized spacial score (nSPS) is 10.5. The highest BCUT2D eigenvalue weighted by atomic mass is 16.4. The van der Waals surface area contributed by atoms with Crippen molar-refractivity contribution in [3.05, 3.63) is 35.9 Å². The fourth-order valence-corrected chi connectivity index (χ4v) is 1.78. The van der Waals surface area contributed by atoms with E-state index in [1.807, 2.05) is 6.07 Å². The van der Waals surface area contributed by atoms with Gasteiger partial charge in [0.05, 0.1) is 12.2 Å². The Morgan fingerprint density at radius 3 is 2.60 bits per heavy atom. The maximum absolute atomic E-state index is 12.1. The quantitative estimate of drug-likeness (QED) is 0.828. The molecule has 1 amide bonds. The van der Waals surface area contributed by atoms with Gasteiger partial charge in [-0.05, 0) is 12.1 Å². The van der Waals surface area contributed by atoms with Gasteiger partial charge in [-0.1, -0.05) is 0 Å². The number of carbonyl (C=O) groups excluding carboxylic acids is 1. The molecule has 20 heavy (non-hydrogen) atoms. The Balaban J connectivity index is 2.03. The molecule has 106 valence electrons. The van der Waals surface area contributed by atoms with Gasteiger partial charge in [0.1, 0.15) is 12.2 Å². The summed E-state index contributed by atoms with van der Waals surface area (Å²) in [5.41, 5.74) is 0.882. The highest BCUT2D eigenvalue weighted by molar-refractivity contribution is 5.86. The first-order chi connectivity index (χ1) is 9.49. The van der Waals surface area contributed by atoms with Gasteiger partial charge in [-0.15, -0.1) is 0 Å². The third-order valence-corrected chi connectivity index (χ3v) is 2.97. The van der Waals surface area contributed by atoms with Crippen LogP contribution in [0.3, 0.4) is 0 Å². The second-order valence-corrected chi connectivity index (χ2v) is 4.38. The van der Waals surface area contributed by atoms with Crippen LogP contribution in [-0.2, 0) is 24.9 Å². The molecule has 8 nitrogen and oxygen atoms in total. The van der Waals surface area contributed by atoms with Crippen LogP contribution in [0.4, 0.5) is 0 Å². The van der Waals surface area contributed by atoms with E-state index in [2.05, 4.69) is 10.2 Å². The summed E-state index contributed by atoms with van der Waals surface area (Å²) in [6.07, 6.45) is 3.02. The molecule has 0 aromatic carbocycles. The lowest BCUT2D eigenvalue weighted by atomic mass is 10.3. The summed E-state index contributed by atoms with van der Waals surface area (Å²) < 4.78 is 2.85. The van der Waals surface area contributed by atoms with E-state index in [0.29, 0.717) is 6.54 Å². The zero-order valence-corrected chi connectivity index (χ0v) is 11.2. The van der Waals surface area contributed by atoms with Gasteiger partial charge in [0.2, 0.25) is 5.91 Å². The number of aromatic carboxylic acids is 1. The minimum absolute atomic E-state index is 0.00715. The van der Waals surface area contributed by atoms with Crippen LogP contribution in [0.15, 0.2) is 24.5 Å². The smallest absolute Gasteiger partial charge is 0.354 e. The van der Waals surface area contributed by atoms with Crippen molar-refractivity contribution in [2.24, 2.45) is 7.05 Å². The van der Waals surface area contributed by atoms with E-state index in [0.717, 1.165) is 5.69 Å². The average molecular weight is 277 g/mol. The zero-order chi connectivity index (χ0) is 14.7. The number of rotatable bonds is 5. The van der Waals surface area contributed by atoms with Crippen molar-refractivity contribution in [1.82, 2.24) is 24.5 Å². The molecule has 2 rings (SSSR count). The molecule has 0 bridgehead atoms. The van der Waals surface area contributed by atoms with Crippen LogP contribution in [-0.4, -0.2) is 48.5 Å². The van der Waals surface area contributed by atoms with E-state index < -0.39 is 5.97 Å². The molecule has 1 N–H and O–H groups in total. The Hall–Kier alpha value is -2.64. The lowest BCUT2D eigenvalue weighted by molar-refractivity contribution is -0.131. The molecule has 8 heteroatoms. The fourth-order valence-electron chi connectivity index (χ4n) is 1.78. The first kappa shape index (κ1) is 13.8. The molecule has 0 saturated carbocycles. The minimum atomic E-state index is -1.11. The number of aromatic nitrogens is 4. The number of carbonyl (C=O) groups is 2. The maximum atomic E-state index is 12.1. The van der Waals surface area contributed by atoms with Crippen molar-refractivity contribution < 1.29 is 14.7 Å². The van der Waals surface area contributed by atoms with Gasteiger partial charge < -0.3 is 10.0 Å². The second-order valence-electron chi connectivity index (χ2n) is 4.38. The van der Waals surface area contributed by atoms with E-state index in [9.17, 15) is 9.59 Å². The Bertz CT molecular complexity index is 631. The summed E-state index contributed by atoms with van der Waals surface area (Å²) in [5.74, 6) is -1.33. The summed E-state index contributed by atoms with van der Waals surface area (Å²) in [4.78, 5) is 24.5. The topological polar surface area (TPSA) is 93.3 Å². The summed E-state index contributed by atoms with van der Waals surface area (Å²) in [7, 11) is 3.45.